The molecule has 0 spiro atoms. The smallest absolute Gasteiger partial charge is 0.255 e. The minimum Gasteiger partial charge on any atom is -0.493 e. The third-order valence-corrected chi connectivity index (χ3v) is 2.65. The number of anilines is 1. The number of hydrogen-bond donors (Lipinski definition) is 1. The third kappa shape index (κ3) is 3.26. The van der Waals surface area contributed by atoms with Gasteiger partial charge in [0.15, 0.2) is 11.5 Å². The van der Waals surface area contributed by atoms with Crippen LogP contribution >= 0.6 is 0 Å². The Morgan fingerprint density at radius 1 is 1.30 bits per heavy atom. The van der Waals surface area contributed by atoms with E-state index in [-0.39, 0.29) is 5.91 Å². The van der Waals surface area contributed by atoms with Gasteiger partial charge in [-0.25, -0.2) is 0 Å². The van der Waals surface area contributed by atoms with Gasteiger partial charge in [-0.2, -0.15) is 0 Å². The van der Waals surface area contributed by atoms with Gasteiger partial charge in [-0.3, -0.25) is 9.78 Å². The lowest BCUT2D eigenvalue weighted by Gasteiger charge is -2.11. The molecule has 1 heterocycles. The van der Waals surface area contributed by atoms with Gasteiger partial charge in [0.2, 0.25) is 0 Å². The van der Waals surface area contributed by atoms with Gasteiger partial charge in [0.05, 0.1) is 25.6 Å². The lowest BCUT2D eigenvalue weighted by Crippen LogP contribution is -2.12. The number of aromatic nitrogens is 1. The number of methoxy groups -OCH3 is 1. The van der Waals surface area contributed by atoms with E-state index in [0.717, 1.165) is 0 Å². The molecule has 1 aromatic carbocycles. The van der Waals surface area contributed by atoms with Crippen LogP contribution in [-0.4, -0.2) is 24.6 Å². The van der Waals surface area contributed by atoms with Crippen molar-refractivity contribution >= 4 is 11.6 Å². The number of nitrogens with one attached hydrogen (secondary N) is 1. The zero-order valence-electron chi connectivity index (χ0n) is 11.4. The summed E-state index contributed by atoms with van der Waals surface area (Å²) in [5.41, 5.74) is 1.14. The molecule has 0 saturated heterocycles. The number of carbonyl (C=O) groups is 1. The van der Waals surface area contributed by atoms with Crippen LogP contribution < -0.4 is 14.8 Å². The van der Waals surface area contributed by atoms with Gasteiger partial charge in [0, 0.05) is 11.8 Å². The van der Waals surface area contributed by atoms with E-state index in [1.165, 1.54) is 0 Å². The largest absolute Gasteiger partial charge is 0.493 e. The molecule has 0 atom stereocenters. The molecule has 0 aliphatic carbocycles. The van der Waals surface area contributed by atoms with E-state index in [1.54, 1.807) is 49.8 Å². The van der Waals surface area contributed by atoms with Crippen LogP contribution in [0.15, 0.2) is 42.7 Å². The van der Waals surface area contributed by atoms with E-state index in [9.17, 15) is 4.79 Å². The maximum Gasteiger partial charge on any atom is 0.255 e. The monoisotopic (exact) mass is 272 g/mol. The van der Waals surface area contributed by atoms with Gasteiger partial charge in [0.25, 0.3) is 5.91 Å². The first-order chi connectivity index (χ1) is 9.74. The van der Waals surface area contributed by atoms with E-state index in [1.807, 2.05) is 6.92 Å². The van der Waals surface area contributed by atoms with Crippen LogP contribution in [-0.2, 0) is 0 Å². The van der Waals surface area contributed by atoms with E-state index in [0.29, 0.717) is 29.4 Å². The van der Waals surface area contributed by atoms with Crippen molar-refractivity contribution in [3.05, 3.63) is 48.3 Å². The number of pyridine rings is 1. The number of ether oxygens (including phenoxy) is 2. The van der Waals surface area contributed by atoms with E-state index in [4.69, 9.17) is 9.47 Å². The first kappa shape index (κ1) is 13.9. The summed E-state index contributed by atoms with van der Waals surface area (Å²) in [6, 6.07) is 8.60. The van der Waals surface area contributed by atoms with E-state index in [2.05, 4.69) is 10.3 Å². The topological polar surface area (TPSA) is 60.5 Å². The first-order valence-corrected chi connectivity index (χ1v) is 6.26. The molecule has 2 rings (SSSR count). The van der Waals surface area contributed by atoms with Gasteiger partial charge in [-0.1, -0.05) is 0 Å². The van der Waals surface area contributed by atoms with Crippen molar-refractivity contribution in [3.8, 4) is 11.5 Å². The maximum atomic E-state index is 12.1. The highest BCUT2D eigenvalue weighted by atomic mass is 16.5. The summed E-state index contributed by atoms with van der Waals surface area (Å²) >= 11 is 0. The van der Waals surface area contributed by atoms with E-state index < -0.39 is 0 Å². The molecule has 5 nitrogen and oxygen atoms in total. The molecule has 0 aliphatic rings. The van der Waals surface area contributed by atoms with Crippen LogP contribution in [0.5, 0.6) is 11.5 Å². The van der Waals surface area contributed by atoms with Crippen molar-refractivity contribution in [2.24, 2.45) is 0 Å². The summed E-state index contributed by atoms with van der Waals surface area (Å²) in [7, 11) is 1.54. The van der Waals surface area contributed by atoms with Crippen molar-refractivity contribution in [2.75, 3.05) is 19.0 Å². The van der Waals surface area contributed by atoms with Gasteiger partial charge in [-0.15, -0.1) is 0 Å². The lowest BCUT2D eigenvalue weighted by atomic mass is 10.2. The summed E-state index contributed by atoms with van der Waals surface area (Å²) in [6.07, 6.45) is 3.24. The second kappa shape index (κ2) is 6.56. The first-order valence-electron chi connectivity index (χ1n) is 6.26. The van der Waals surface area contributed by atoms with Crippen LogP contribution in [0.3, 0.4) is 0 Å². The number of carbonyl (C=O) groups excluding carboxylic acids is 1. The molecule has 1 aromatic heterocycles. The average Bonchev–Trinajstić information content (AvgIpc) is 2.49. The highest BCUT2D eigenvalue weighted by molar-refractivity contribution is 6.04. The molecule has 104 valence electrons. The van der Waals surface area contributed by atoms with Crippen LogP contribution in [0.2, 0.25) is 0 Å². The fourth-order valence-electron chi connectivity index (χ4n) is 1.72. The molecular weight excluding hydrogens is 256 g/mol. The molecule has 1 N–H and O–H groups in total. The molecule has 0 saturated carbocycles. The third-order valence-electron chi connectivity index (χ3n) is 2.65. The minimum absolute atomic E-state index is 0.223. The molecule has 1 amide bonds. The highest BCUT2D eigenvalue weighted by Crippen LogP contribution is 2.28. The van der Waals surface area contributed by atoms with Crippen LogP contribution in [0, 0.1) is 0 Å². The van der Waals surface area contributed by atoms with Crippen molar-refractivity contribution in [1.82, 2.24) is 4.98 Å². The average molecular weight is 272 g/mol. The Hall–Kier alpha value is -2.56. The normalized spacial score (nSPS) is 9.90. The molecule has 2 aromatic rings. The zero-order valence-corrected chi connectivity index (χ0v) is 11.4. The Bertz CT molecular complexity index is 585. The Morgan fingerprint density at radius 3 is 2.80 bits per heavy atom. The number of amides is 1. The molecular formula is C15H16N2O3. The van der Waals surface area contributed by atoms with Crippen molar-refractivity contribution in [2.45, 2.75) is 6.92 Å². The van der Waals surface area contributed by atoms with Gasteiger partial charge in [0.1, 0.15) is 0 Å². The zero-order chi connectivity index (χ0) is 14.4. The second-order valence-corrected chi connectivity index (χ2v) is 3.99. The molecule has 0 fully saturated rings. The molecule has 0 radical (unpaired) electrons. The Balaban J connectivity index is 2.18. The maximum absolute atomic E-state index is 12.1. The van der Waals surface area contributed by atoms with Gasteiger partial charge in [-0.05, 0) is 37.3 Å². The SMILES string of the molecule is CCOc1ccc(C(=O)Nc2cccnc2)cc1OC. The number of rotatable bonds is 5. The van der Waals surface area contributed by atoms with Crippen molar-refractivity contribution in [3.63, 3.8) is 0 Å². The molecule has 0 bridgehead atoms. The predicted octanol–water partition coefficient (Wildman–Crippen LogP) is 2.74. The van der Waals surface area contributed by atoms with Crippen molar-refractivity contribution < 1.29 is 14.3 Å². The lowest BCUT2D eigenvalue weighted by molar-refractivity contribution is 0.102. The van der Waals surface area contributed by atoms with Crippen LogP contribution in [0.4, 0.5) is 5.69 Å². The fourth-order valence-corrected chi connectivity index (χ4v) is 1.72. The molecule has 5 heteroatoms. The van der Waals surface area contributed by atoms with Crippen LogP contribution in [0.1, 0.15) is 17.3 Å². The molecule has 20 heavy (non-hydrogen) atoms. The standard InChI is InChI=1S/C15H16N2O3/c1-3-20-13-7-6-11(9-14(13)19-2)15(18)17-12-5-4-8-16-10-12/h4-10H,3H2,1-2H3,(H,17,18). The summed E-state index contributed by atoms with van der Waals surface area (Å²) in [5, 5.41) is 2.76. The molecule has 0 unspecified atom stereocenters. The van der Waals surface area contributed by atoms with Crippen molar-refractivity contribution in [1.29, 1.82) is 0 Å². The van der Waals surface area contributed by atoms with Crippen LogP contribution in [0.25, 0.3) is 0 Å². The summed E-state index contributed by atoms with van der Waals surface area (Å²) < 4.78 is 10.6. The Kier molecular flexibility index (Phi) is 4.55. The summed E-state index contributed by atoms with van der Waals surface area (Å²) in [4.78, 5) is 16.1. The highest BCUT2D eigenvalue weighted by Gasteiger charge is 2.11. The Labute approximate surface area is 117 Å². The Morgan fingerprint density at radius 2 is 2.15 bits per heavy atom. The number of hydrogen-bond acceptors (Lipinski definition) is 4. The molecule has 0 aliphatic heterocycles. The quantitative estimate of drug-likeness (QED) is 0.909. The predicted molar refractivity (Wildman–Crippen MR) is 76.4 cm³/mol. The minimum atomic E-state index is -0.223. The number of nitrogens with zero attached hydrogens (tertiary/aromatic N) is 1. The van der Waals surface area contributed by atoms with Gasteiger partial charge >= 0.3 is 0 Å². The fraction of sp³-hybridized carbons (Fsp3) is 0.200. The van der Waals surface area contributed by atoms with Gasteiger partial charge < -0.3 is 14.8 Å². The second-order valence-electron chi connectivity index (χ2n) is 3.99. The summed E-state index contributed by atoms with van der Waals surface area (Å²) in [5.74, 6) is 0.929. The van der Waals surface area contributed by atoms with E-state index >= 15 is 0 Å². The summed E-state index contributed by atoms with van der Waals surface area (Å²) in [6.45, 7) is 2.43. The number of benzene rings is 1.